The number of nitrogens with one attached hydrogen (secondary N) is 1. The fourth-order valence-electron chi connectivity index (χ4n) is 3.67. The summed E-state index contributed by atoms with van der Waals surface area (Å²) in [6.45, 7) is 1.33. The summed E-state index contributed by atoms with van der Waals surface area (Å²) >= 11 is 0. The highest BCUT2D eigenvalue weighted by Gasteiger charge is 2.30. The van der Waals surface area contributed by atoms with Gasteiger partial charge in [-0.05, 0) is 73.5 Å². The van der Waals surface area contributed by atoms with Crippen LogP contribution in [0.25, 0.3) is 16.6 Å². The molecule has 0 unspecified atom stereocenters. The van der Waals surface area contributed by atoms with Gasteiger partial charge in [0.15, 0.2) is 0 Å². The number of rotatable bonds is 8. The van der Waals surface area contributed by atoms with Crippen LogP contribution in [0, 0.1) is 5.82 Å². The first-order valence-electron chi connectivity index (χ1n) is 11.1. The number of ether oxygens (including phenoxy) is 1. The zero-order valence-electron chi connectivity index (χ0n) is 19.2. The molecule has 1 amide bonds. The molecule has 0 aliphatic rings. The van der Waals surface area contributed by atoms with E-state index in [0.717, 1.165) is 23.0 Å². The van der Waals surface area contributed by atoms with Crippen molar-refractivity contribution in [2.75, 3.05) is 6.61 Å². The third-order valence-corrected chi connectivity index (χ3v) is 5.55. The summed E-state index contributed by atoms with van der Waals surface area (Å²) in [7, 11) is 0. The van der Waals surface area contributed by atoms with E-state index in [-0.39, 0.29) is 18.8 Å². The van der Waals surface area contributed by atoms with Crippen LogP contribution in [-0.2, 0) is 17.4 Å². The quantitative estimate of drug-likeness (QED) is 0.344. The highest BCUT2D eigenvalue weighted by atomic mass is 19.4. The van der Waals surface area contributed by atoms with Crippen molar-refractivity contribution in [2.45, 2.75) is 31.7 Å². The Bertz CT molecular complexity index is 1330. The van der Waals surface area contributed by atoms with Gasteiger partial charge in [-0.25, -0.2) is 9.07 Å². The fourth-order valence-corrected chi connectivity index (χ4v) is 3.67. The Hall–Kier alpha value is -3.92. The summed E-state index contributed by atoms with van der Waals surface area (Å²) in [5.41, 5.74) is 1.27. The van der Waals surface area contributed by atoms with E-state index >= 15 is 0 Å². The topological polar surface area (TPSA) is 76.4 Å². The molecule has 6 nitrogen and oxygen atoms in total. The Kier molecular flexibility index (Phi) is 7.25. The lowest BCUT2D eigenvalue weighted by Gasteiger charge is -2.21. The second-order valence-electron chi connectivity index (χ2n) is 8.34. The zero-order valence-corrected chi connectivity index (χ0v) is 19.2. The van der Waals surface area contributed by atoms with Crippen LogP contribution in [0.4, 0.5) is 17.6 Å². The monoisotopic (exact) mass is 501 g/mol. The number of alkyl halides is 3. The highest BCUT2D eigenvalue weighted by molar-refractivity contribution is 5.82. The molecule has 0 fully saturated rings. The Morgan fingerprint density at radius 2 is 1.78 bits per heavy atom. The van der Waals surface area contributed by atoms with Crippen molar-refractivity contribution in [1.29, 1.82) is 0 Å². The molecule has 10 heteroatoms. The first-order valence-corrected chi connectivity index (χ1v) is 11.1. The molecule has 0 radical (unpaired) electrons. The van der Waals surface area contributed by atoms with E-state index in [2.05, 4.69) is 10.4 Å². The molecular weight excluding hydrogens is 478 g/mol. The number of fused-ring (bicyclic) bond motifs is 1. The van der Waals surface area contributed by atoms with E-state index in [9.17, 15) is 27.5 Å². The van der Waals surface area contributed by atoms with Crippen LogP contribution in [0.3, 0.4) is 0 Å². The van der Waals surface area contributed by atoms with E-state index in [0.29, 0.717) is 17.0 Å². The number of amides is 1. The third-order valence-electron chi connectivity index (χ3n) is 5.55. The number of halogens is 4. The summed E-state index contributed by atoms with van der Waals surface area (Å²) in [5.74, 6) is -0.476. The number of carbonyl (C=O) groups is 1. The number of carbonyl (C=O) groups excluding carboxylic acids is 1. The lowest BCUT2D eigenvalue weighted by Crippen LogP contribution is -2.44. The lowest BCUT2D eigenvalue weighted by molar-refractivity contribution is -0.137. The van der Waals surface area contributed by atoms with Crippen molar-refractivity contribution >= 4 is 16.8 Å². The van der Waals surface area contributed by atoms with Crippen LogP contribution in [-0.4, -0.2) is 39.5 Å². The van der Waals surface area contributed by atoms with Crippen molar-refractivity contribution in [3.63, 3.8) is 0 Å². The van der Waals surface area contributed by atoms with Gasteiger partial charge in [0.05, 0.1) is 29.0 Å². The van der Waals surface area contributed by atoms with Gasteiger partial charge in [0.1, 0.15) is 24.3 Å². The standard InChI is InChI=1S/C26H23F4N3O3/c1-16(34)25(35)32-21(12-17-2-4-19(5-3-17)26(28,29)30)15-36-23-10-11-24-18(13-23)14-31-33(24)22-8-6-20(27)7-9-22/h2-11,13-14,16,21,34H,12,15H2,1H3,(H,32,35)/t16-,21-/m0/s1. The van der Waals surface area contributed by atoms with Gasteiger partial charge < -0.3 is 15.2 Å². The van der Waals surface area contributed by atoms with E-state index in [1.165, 1.54) is 31.2 Å². The molecule has 0 aliphatic heterocycles. The van der Waals surface area contributed by atoms with Gasteiger partial charge in [-0.3, -0.25) is 4.79 Å². The summed E-state index contributed by atoms with van der Waals surface area (Å²) in [5, 5.41) is 17.3. The largest absolute Gasteiger partial charge is 0.491 e. The second kappa shape index (κ2) is 10.4. The van der Waals surface area contributed by atoms with Gasteiger partial charge in [-0.2, -0.15) is 18.3 Å². The van der Waals surface area contributed by atoms with Crippen LogP contribution >= 0.6 is 0 Å². The number of benzene rings is 3. The molecule has 2 N–H and O–H groups in total. The maximum atomic E-state index is 13.2. The van der Waals surface area contributed by atoms with Gasteiger partial charge >= 0.3 is 6.18 Å². The van der Waals surface area contributed by atoms with Crippen LogP contribution < -0.4 is 10.1 Å². The first kappa shape index (κ1) is 25.2. The third kappa shape index (κ3) is 6.01. The average Bonchev–Trinajstić information content (AvgIpc) is 3.26. The van der Waals surface area contributed by atoms with E-state index in [1.54, 1.807) is 41.2 Å². The molecule has 3 aromatic carbocycles. The number of hydrogen-bond acceptors (Lipinski definition) is 4. The summed E-state index contributed by atoms with van der Waals surface area (Å²) < 4.78 is 59.3. The first-order chi connectivity index (χ1) is 17.1. The van der Waals surface area contributed by atoms with Crippen LogP contribution in [0.5, 0.6) is 5.75 Å². The molecule has 36 heavy (non-hydrogen) atoms. The van der Waals surface area contributed by atoms with Crippen molar-refractivity contribution in [2.24, 2.45) is 0 Å². The molecule has 0 spiro atoms. The minimum Gasteiger partial charge on any atom is -0.491 e. The molecule has 1 heterocycles. The predicted molar refractivity (Wildman–Crippen MR) is 125 cm³/mol. The van der Waals surface area contributed by atoms with Gasteiger partial charge in [-0.1, -0.05) is 12.1 Å². The second-order valence-corrected chi connectivity index (χ2v) is 8.34. The van der Waals surface area contributed by atoms with Gasteiger partial charge in [0.2, 0.25) is 5.91 Å². The van der Waals surface area contributed by atoms with Gasteiger partial charge in [0, 0.05) is 5.39 Å². The minimum atomic E-state index is -4.44. The molecule has 188 valence electrons. The number of aliphatic hydroxyl groups excluding tert-OH is 1. The summed E-state index contributed by atoms with van der Waals surface area (Å²) in [6.07, 6.45) is -3.86. The summed E-state index contributed by atoms with van der Waals surface area (Å²) in [6, 6.07) is 15.2. The molecule has 0 saturated carbocycles. The molecule has 4 aromatic rings. The minimum absolute atomic E-state index is 0.0110. The highest BCUT2D eigenvalue weighted by Crippen LogP contribution is 2.29. The van der Waals surface area contributed by atoms with E-state index in [1.807, 2.05) is 0 Å². The van der Waals surface area contributed by atoms with Crippen molar-refractivity contribution < 1.29 is 32.2 Å². The van der Waals surface area contributed by atoms with E-state index < -0.39 is 29.8 Å². The molecule has 4 rings (SSSR count). The molecule has 2 atom stereocenters. The predicted octanol–water partition coefficient (Wildman–Crippen LogP) is 4.67. The zero-order chi connectivity index (χ0) is 25.9. The Balaban J connectivity index is 1.48. The van der Waals surface area contributed by atoms with Crippen molar-refractivity contribution in [3.8, 4) is 11.4 Å². The SMILES string of the molecule is C[C@H](O)C(=O)N[C@H](COc1ccc2c(cnn2-c2ccc(F)cc2)c1)Cc1ccc(C(F)(F)F)cc1. The molecule has 0 aliphatic carbocycles. The van der Waals surface area contributed by atoms with E-state index in [4.69, 9.17) is 4.74 Å². The number of aliphatic hydroxyl groups is 1. The molecular formula is C26H23F4N3O3. The normalized spacial score (nSPS) is 13.4. The number of hydrogen-bond donors (Lipinski definition) is 2. The van der Waals surface area contributed by atoms with Crippen molar-refractivity contribution in [3.05, 3.63) is 89.9 Å². The summed E-state index contributed by atoms with van der Waals surface area (Å²) in [4.78, 5) is 12.1. The van der Waals surface area contributed by atoms with Crippen LogP contribution in [0.1, 0.15) is 18.1 Å². The smallest absolute Gasteiger partial charge is 0.416 e. The van der Waals surface area contributed by atoms with Crippen LogP contribution in [0.2, 0.25) is 0 Å². The Morgan fingerprint density at radius 1 is 1.08 bits per heavy atom. The average molecular weight is 501 g/mol. The number of aromatic nitrogens is 2. The van der Waals surface area contributed by atoms with Crippen LogP contribution in [0.15, 0.2) is 72.9 Å². The molecule has 1 aromatic heterocycles. The maximum Gasteiger partial charge on any atom is 0.416 e. The molecule has 0 saturated heterocycles. The van der Waals surface area contributed by atoms with Gasteiger partial charge in [0.25, 0.3) is 0 Å². The van der Waals surface area contributed by atoms with Crippen molar-refractivity contribution in [1.82, 2.24) is 15.1 Å². The lowest BCUT2D eigenvalue weighted by atomic mass is 10.0. The number of nitrogens with zero attached hydrogens (tertiary/aromatic N) is 2. The fraction of sp³-hybridized carbons (Fsp3) is 0.231. The van der Waals surface area contributed by atoms with Gasteiger partial charge in [-0.15, -0.1) is 0 Å². The Morgan fingerprint density at radius 3 is 2.42 bits per heavy atom. The molecule has 0 bridgehead atoms. The maximum absolute atomic E-state index is 13.2. The Labute approximate surface area is 204 Å².